The van der Waals surface area contributed by atoms with Crippen molar-refractivity contribution in [1.29, 1.82) is 0 Å². The summed E-state index contributed by atoms with van der Waals surface area (Å²) in [5.41, 5.74) is 0.558. The molecule has 0 heterocycles. The van der Waals surface area contributed by atoms with Crippen molar-refractivity contribution in [2.45, 2.75) is 0 Å². The van der Waals surface area contributed by atoms with Crippen molar-refractivity contribution in [3.8, 4) is 0 Å². The van der Waals surface area contributed by atoms with Crippen molar-refractivity contribution in [3.05, 3.63) is 34.9 Å². The molecule has 0 saturated heterocycles. The molecule has 0 unspecified atom stereocenters. The molecule has 0 aromatic heterocycles. The van der Waals surface area contributed by atoms with E-state index >= 15 is 0 Å². The van der Waals surface area contributed by atoms with Crippen molar-refractivity contribution < 1.29 is 4.79 Å². The Bertz CT molecular complexity index is 362. The molecule has 5 heteroatoms. The largest absolute Gasteiger partial charge is 0.341 e. The summed E-state index contributed by atoms with van der Waals surface area (Å²) in [7, 11) is 0. The van der Waals surface area contributed by atoms with E-state index in [1.807, 2.05) is 0 Å². The van der Waals surface area contributed by atoms with Crippen LogP contribution in [0.4, 0.5) is 4.79 Å². The first-order chi connectivity index (χ1) is 6.09. The lowest BCUT2D eigenvalue weighted by Gasteiger charge is -1.96. The van der Waals surface area contributed by atoms with Crippen molar-refractivity contribution in [1.82, 2.24) is 0 Å². The van der Waals surface area contributed by atoms with Gasteiger partial charge in [-0.3, -0.25) is 4.79 Å². The van der Waals surface area contributed by atoms with Crippen molar-refractivity contribution in [2.75, 3.05) is 0 Å². The Labute approximate surface area is 90.1 Å². The van der Waals surface area contributed by atoms with Gasteiger partial charge in [-0.05, 0) is 23.7 Å². The Kier molecular flexibility index (Phi) is 3.72. The quantitative estimate of drug-likeness (QED) is 0.415. The smallest absolute Gasteiger partial charge is 0.253 e. The Balaban J connectivity index is 3.02. The van der Waals surface area contributed by atoms with Crippen molar-refractivity contribution in [3.63, 3.8) is 0 Å². The molecule has 0 spiro atoms. The zero-order valence-electron chi connectivity index (χ0n) is 6.30. The van der Waals surface area contributed by atoms with Crippen LogP contribution in [-0.4, -0.2) is 10.5 Å². The van der Waals surface area contributed by atoms with E-state index in [1.54, 1.807) is 24.3 Å². The second-order valence-corrected chi connectivity index (χ2v) is 3.28. The monoisotopic (exact) mass is 235 g/mol. The summed E-state index contributed by atoms with van der Waals surface area (Å²) in [6, 6.07) is 6.66. The van der Waals surface area contributed by atoms with E-state index in [0.29, 0.717) is 10.6 Å². The van der Waals surface area contributed by atoms with Gasteiger partial charge in [0.05, 0.1) is 0 Å². The van der Waals surface area contributed by atoms with Gasteiger partial charge in [0.15, 0.2) is 0 Å². The van der Waals surface area contributed by atoms with Crippen LogP contribution in [0.15, 0.2) is 29.3 Å². The van der Waals surface area contributed by atoms with Gasteiger partial charge in [-0.1, -0.05) is 35.3 Å². The highest BCUT2D eigenvalue weighted by Gasteiger charge is 2.01. The number of carbonyl (C=O) groups excluding carboxylic acids is 1. The zero-order chi connectivity index (χ0) is 9.84. The molecule has 0 atom stereocenters. The Morgan fingerprint density at radius 3 is 2.54 bits per heavy atom. The van der Waals surface area contributed by atoms with Crippen LogP contribution >= 0.6 is 34.8 Å². The highest BCUT2D eigenvalue weighted by atomic mass is 35.5. The Hall–Kier alpha value is -0.570. The van der Waals surface area contributed by atoms with Crippen molar-refractivity contribution >= 4 is 45.3 Å². The van der Waals surface area contributed by atoms with Gasteiger partial charge in [0.1, 0.15) is 5.17 Å². The average Bonchev–Trinajstić information content (AvgIpc) is 2.03. The molecule has 0 aliphatic carbocycles. The Morgan fingerprint density at radius 1 is 1.31 bits per heavy atom. The summed E-state index contributed by atoms with van der Waals surface area (Å²) in [5.74, 6) is 0. The SMILES string of the molecule is O=C(Cl)/N=C(/Cl)c1cccc(Cl)c1. The maximum Gasteiger partial charge on any atom is 0.341 e. The molecule has 1 aromatic rings. The number of rotatable bonds is 1. The minimum absolute atomic E-state index is 0.0301. The summed E-state index contributed by atoms with van der Waals surface area (Å²) < 4.78 is 0. The van der Waals surface area contributed by atoms with Crippen LogP contribution in [0, 0.1) is 0 Å². The van der Waals surface area contributed by atoms with Gasteiger partial charge in [0, 0.05) is 10.6 Å². The van der Waals surface area contributed by atoms with Crippen LogP contribution in [0.1, 0.15) is 5.56 Å². The predicted molar refractivity (Wildman–Crippen MR) is 55.1 cm³/mol. The number of halogens is 3. The normalized spacial score (nSPS) is 11.5. The number of hydrogen-bond donors (Lipinski definition) is 0. The lowest BCUT2D eigenvalue weighted by atomic mass is 10.2. The number of carbonyl (C=O) groups is 1. The van der Waals surface area contributed by atoms with Gasteiger partial charge in [0.2, 0.25) is 0 Å². The van der Waals surface area contributed by atoms with Crippen LogP contribution in [-0.2, 0) is 0 Å². The van der Waals surface area contributed by atoms with Crippen molar-refractivity contribution in [2.24, 2.45) is 4.99 Å². The van der Waals surface area contributed by atoms with Gasteiger partial charge >= 0.3 is 5.37 Å². The number of amides is 1. The van der Waals surface area contributed by atoms with Gasteiger partial charge in [-0.25, -0.2) is 0 Å². The first-order valence-corrected chi connectivity index (χ1v) is 4.42. The summed E-state index contributed by atoms with van der Waals surface area (Å²) in [6.07, 6.45) is 0. The molecule has 0 saturated carbocycles. The first kappa shape index (κ1) is 10.5. The topological polar surface area (TPSA) is 29.4 Å². The molecule has 0 aliphatic rings. The van der Waals surface area contributed by atoms with Gasteiger partial charge in [0.25, 0.3) is 0 Å². The molecule has 68 valence electrons. The lowest BCUT2D eigenvalue weighted by molar-refractivity contribution is 0.266. The van der Waals surface area contributed by atoms with E-state index in [4.69, 9.17) is 34.8 Å². The molecule has 1 aromatic carbocycles. The Morgan fingerprint density at radius 2 is 2.00 bits per heavy atom. The van der Waals surface area contributed by atoms with E-state index in [1.165, 1.54) is 0 Å². The van der Waals surface area contributed by atoms with Gasteiger partial charge in [-0.15, -0.1) is 0 Å². The van der Waals surface area contributed by atoms with E-state index in [-0.39, 0.29) is 5.17 Å². The van der Waals surface area contributed by atoms with Crippen LogP contribution in [0.3, 0.4) is 0 Å². The molecule has 1 rings (SSSR count). The number of hydrogen-bond acceptors (Lipinski definition) is 1. The molecule has 0 fully saturated rings. The minimum Gasteiger partial charge on any atom is -0.253 e. The molecule has 0 N–H and O–H groups in total. The fourth-order valence-electron chi connectivity index (χ4n) is 0.759. The maximum absolute atomic E-state index is 10.4. The highest BCUT2D eigenvalue weighted by Crippen LogP contribution is 2.13. The van der Waals surface area contributed by atoms with Crippen LogP contribution in [0.25, 0.3) is 0 Å². The summed E-state index contributed by atoms with van der Waals surface area (Å²) in [5, 5.41) is -0.305. The second kappa shape index (κ2) is 4.61. The third kappa shape index (κ3) is 3.35. The molecule has 0 aliphatic heterocycles. The van der Waals surface area contributed by atoms with Crippen LogP contribution in [0.2, 0.25) is 5.02 Å². The third-order valence-corrected chi connectivity index (χ3v) is 1.87. The van der Waals surface area contributed by atoms with E-state index < -0.39 is 5.37 Å². The van der Waals surface area contributed by atoms with Gasteiger partial charge in [-0.2, -0.15) is 4.99 Å². The van der Waals surface area contributed by atoms with Gasteiger partial charge < -0.3 is 0 Å². The molecular formula is C8H4Cl3NO. The first-order valence-electron chi connectivity index (χ1n) is 3.29. The van der Waals surface area contributed by atoms with Crippen LogP contribution < -0.4 is 0 Å². The number of nitrogens with zero attached hydrogens (tertiary/aromatic N) is 1. The summed E-state index contributed by atoms with van der Waals surface area (Å²) >= 11 is 16.4. The number of aliphatic imine (C=N–C) groups is 1. The highest BCUT2D eigenvalue weighted by molar-refractivity contribution is 6.73. The summed E-state index contributed by atoms with van der Waals surface area (Å²) in [6.45, 7) is 0. The second-order valence-electron chi connectivity index (χ2n) is 2.17. The zero-order valence-corrected chi connectivity index (χ0v) is 8.57. The molecule has 2 nitrogen and oxygen atoms in total. The fraction of sp³-hybridized carbons (Fsp3) is 0. The average molecular weight is 236 g/mol. The van der Waals surface area contributed by atoms with E-state index in [0.717, 1.165) is 0 Å². The minimum atomic E-state index is -0.857. The van der Waals surface area contributed by atoms with E-state index in [9.17, 15) is 4.79 Å². The lowest BCUT2D eigenvalue weighted by Crippen LogP contribution is -1.92. The third-order valence-electron chi connectivity index (χ3n) is 1.25. The fourth-order valence-corrected chi connectivity index (χ4v) is 1.27. The molecule has 13 heavy (non-hydrogen) atoms. The molecule has 0 bridgehead atoms. The van der Waals surface area contributed by atoms with Crippen LogP contribution in [0.5, 0.6) is 0 Å². The number of benzene rings is 1. The standard InChI is InChI=1S/C8H4Cl3NO/c9-6-3-1-2-5(4-6)7(10)12-8(11)13/h1-4H/b12-7+. The maximum atomic E-state index is 10.4. The summed E-state index contributed by atoms with van der Waals surface area (Å²) in [4.78, 5) is 13.7. The molecule has 1 amide bonds. The molecule has 0 radical (unpaired) electrons. The van der Waals surface area contributed by atoms with E-state index in [2.05, 4.69) is 4.99 Å². The molecular weight excluding hydrogens is 232 g/mol. The predicted octanol–water partition coefficient (Wildman–Crippen LogP) is 3.68.